The Morgan fingerprint density at radius 1 is 0.857 bits per heavy atom. The van der Waals surface area contributed by atoms with Crippen molar-refractivity contribution in [2.45, 2.75) is 6.42 Å². The van der Waals surface area contributed by atoms with Gasteiger partial charge >= 0.3 is 0 Å². The Morgan fingerprint density at radius 2 is 1.43 bits per heavy atom. The van der Waals surface area contributed by atoms with Crippen LogP contribution in [0.5, 0.6) is 5.75 Å². The Bertz CT molecular complexity index is 898. The van der Waals surface area contributed by atoms with Crippen molar-refractivity contribution in [2.24, 2.45) is 0 Å². The molecule has 0 spiro atoms. The van der Waals surface area contributed by atoms with Crippen molar-refractivity contribution < 1.29 is 22.7 Å². The maximum absolute atomic E-state index is 12.5. The first kappa shape index (κ1) is 20.0. The Labute approximate surface area is 164 Å². The average Bonchev–Trinajstić information content (AvgIpc) is 2.69. The Hall–Kier alpha value is -2.71. The van der Waals surface area contributed by atoms with E-state index in [1.165, 1.54) is 0 Å². The van der Waals surface area contributed by atoms with Crippen molar-refractivity contribution in [2.75, 3.05) is 32.0 Å². The van der Waals surface area contributed by atoms with Gasteiger partial charge in [0.15, 0.2) is 0 Å². The van der Waals surface area contributed by atoms with E-state index in [1.807, 2.05) is 36.4 Å². The fraction of sp³-hybridized carbons (Fsp3) is 0.300. The topological polar surface area (TPSA) is 84.0 Å². The molecule has 2 aromatic carbocycles. The van der Waals surface area contributed by atoms with Gasteiger partial charge < -0.3 is 4.74 Å². The van der Waals surface area contributed by atoms with Gasteiger partial charge in [-0.3, -0.25) is 14.5 Å². The van der Waals surface area contributed by atoms with E-state index in [9.17, 15) is 18.0 Å². The molecule has 28 heavy (non-hydrogen) atoms. The summed E-state index contributed by atoms with van der Waals surface area (Å²) in [5, 5.41) is 0. The second kappa shape index (κ2) is 8.99. The third-order valence-electron chi connectivity index (χ3n) is 4.44. The summed E-state index contributed by atoms with van der Waals surface area (Å²) in [6.07, 6.45) is 0.538. The van der Waals surface area contributed by atoms with Gasteiger partial charge in [-0.15, -0.1) is 0 Å². The minimum atomic E-state index is -3.77. The van der Waals surface area contributed by atoms with Crippen molar-refractivity contribution in [1.82, 2.24) is 9.21 Å². The number of nitrogens with zero attached hydrogens (tertiary/aromatic N) is 2. The van der Waals surface area contributed by atoms with Crippen LogP contribution in [-0.2, 0) is 26.0 Å². The van der Waals surface area contributed by atoms with Crippen LogP contribution in [0.4, 0.5) is 0 Å². The first-order chi connectivity index (χ1) is 13.5. The third-order valence-corrected chi connectivity index (χ3v) is 6.17. The van der Waals surface area contributed by atoms with Crippen LogP contribution >= 0.6 is 0 Å². The van der Waals surface area contributed by atoms with Crippen LogP contribution in [0, 0.1) is 0 Å². The summed E-state index contributed by atoms with van der Waals surface area (Å²) in [6.45, 7) is -0.460. The number of carbonyl (C=O) groups is 2. The molecule has 0 N–H and O–H groups in total. The van der Waals surface area contributed by atoms with Crippen LogP contribution in [0.1, 0.15) is 5.56 Å². The van der Waals surface area contributed by atoms with Crippen LogP contribution in [0.3, 0.4) is 0 Å². The highest BCUT2D eigenvalue weighted by molar-refractivity contribution is 7.89. The van der Waals surface area contributed by atoms with Crippen LogP contribution in [-0.4, -0.2) is 61.4 Å². The number of hydrogen-bond acceptors (Lipinski definition) is 5. The number of imide groups is 1. The highest BCUT2D eigenvalue weighted by Crippen LogP contribution is 2.13. The summed E-state index contributed by atoms with van der Waals surface area (Å²) >= 11 is 0. The minimum Gasteiger partial charge on any atom is -0.492 e. The van der Waals surface area contributed by atoms with E-state index in [4.69, 9.17) is 4.74 Å². The van der Waals surface area contributed by atoms with E-state index in [1.54, 1.807) is 24.3 Å². The van der Waals surface area contributed by atoms with Crippen LogP contribution in [0.25, 0.3) is 0 Å². The van der Waals surface area contributed by atoms with Crippen molar-refractivity contribution in [3.05, 3.63) is 66.2 Å². The fourth-order valence-corrected chi connectivity index (χ4v) is 4.08. The molecule has 0 aliphatic carbocycles. The lowest BCUT2D eigenvalue weighted by Gasteiger charge is -2.32. The SMILES string of the molecule is O=C1CN(S(=O)(=O)CCOc2ccccc2)CC(=O)N1CCc1ccccc1. The Kier molecular flexibility index (Phi) is 6.43. The zero-order valence-electron chi connectivity index (χ0n) is 15.4. The van der Waals surface area contributed by atoms with E-state index < -0.39 is 21.8 Å². The standard InChI is InChI=1S/C20H22N2O5S/c23-19-15-21(28(25,26)14-13-27-18-9-5-2-6-10-18)16-20(24)22(19)12-11-17-7-3-1-4-8-17/h1-10H,11-16H2. The lowest BCUT2D eigenvalue weighted by Crippen LogP contribution is -2.56. The molecule has 2 amide bonds. The molecule has 1 saturated heterocycles. The maximum Gasteiger partial charge on any atom is 0.244 e. The summed E-state index contributed by atoms with van der Waals surface area (Å²) in [5.41, 5.74) is 1.01. The fourth-order valence-electron chi connectivity index (χ4n) is 2.91. The predicted molar refractivity (Wildman–Crippen MR) is 104 cm³/mol. The molecule has 1 aliphatic heterocycles. The second-order valence-electron chi connectivity index (χ2n) is 6.42. The maximum atomic E-state index is 12.5. The monoisotopic (exact) mass is 402 g/mol. The normalized spacial score (nSPS) is 15.6. The molecular weight excluding hydrogens is 380 g/mol. The number of carbonyl (C=O) groups excluding carboxylic acids is 2. The van der Waals surface area contributed by atoms with E-state index in [-0.39, 0.29) is 32.0 Å². The van der Waals surface area contributed by atoms with Crippen molar-refractivity contribution in [1.29, 1.82) is 0 Å². The number of benzene rings is 2. The number of ether oxygens (including phenoxy) is 1. The molecule has 2 aromatic rings. The highest BCUT2D eigenvalue weighted by atomic mass is 32.2. The molecule has 0 aromatic heterocycles. The van der Waals surface area contributed by atoms with Crippen molar-refractivity contribution in [3.63, 3.8) is 0 Å². The highest BCUT2D eigenvalue weighted by Gasteiger charge is 2.36. The van der Waals surface area contributed by atoms with Crippen LogP contribution in [0.15, 0.2) is 60.7 Å². The summed E-state index contributed by atoms with van der Waals surface area (Å²) in [5.74, 6) is -0.734. The van der Waals surface area contributed by atoms with Gasteiger partial charge in [-0.05, 0) is 24.1 Å². The molecular formula is C20H22N2O5S. The van der Waals surface area contributed by atoms with Crippen LogP contribution in [0.2, 0.25) is 0 Å². The number of sulfonamides is 1. The minimum absolute atomic E-state index is 0.0526. The zero-order chi connectivity index (χ0) is 20.0. The molecule has 8 heteroatoms. The quantitative estimate of drug-likeness (QED) is 0.622. The molecule has 1 fully saturated rings. The van der Waals surface area contributed by atoms with Gasteiger partial charge in [0.25, 0.3) is 0 Å². The van der Waals surface area contributed by atoms with Gasteiger partial charge in [0, 0.05) is 6.54 Å². The summed E-state index contributed by atoms with van der Waals surface area (Å²) in [6, 6.07) is 18.4. The molecule has 0 radical (unpaired) electrons. The second-order valence-corrected chi connectivity index (χ2v) is 8.51. The number of para-hydroxylation sites is 1. The third kappa shape index (κ3) is 5.17. The van der Waals surface area contributed by atoms with Gasteiger partial charge in [-0.25, -0.2) is 8.42 Å². The number of hydrogen-bond donors (Lipinski definition) is 0. The molecule has 0 bridgehead atoms. The number of piperazine rings is 1. The van der Waals surface area contributed by atoms with E-state index in [2.05, 4.69) is 0 Å². The Morgan fingerprint density at radius 3 is 2.04 bits per heavy atom. The first-order valence-electron chi connectivity index (χ1n) is 8.98. The van der Waals surface area contributed by atoms with Gasteiger partial charge in [-0.2, -0.15) is 4.31 Å². The number of rotatable bonds is 8. The lowest BCUT2D eigenvalue weighted by atomic mass is 10.1. The predicted octanol–water partition coefficient (Wildman–Crippen LogP) is 1.31. The van der Waals surface area contributed by atoms with Gasteiger partial charge in [0.2, 0.25) is 21.8 Å². The zero-order valence-corrected chi connectivity index (χ0v) is 16.2. The van der Waals surface area contributed by atoms with Crippen molar-refractivity contribution >= 4 is 21.8 Å². The van der Waals surface area contributed by atoms with Gasteiger partial charge in [0.1, 0.15) is 12.4 Å². The molecule has 0 atom stereocenters. The van der Waals surface area contributed by atoms with Crippen molar-refractivity contribution in [3.8, 4) is 5.75 Å². The molecule has 7 nitrogen and oxygen atoms in total. The summed E-state index contributed by atoms with van der Waals surface area (Å²) < 4.78 is 31.3. The molecule has 0 saturated carbocycles. The van der Waals surface area contributed by atoms with E-state index >= 15 is 0 Å². The summed E-state index contributed by atoms with van der Waals surface area (Å²) in [7, 11) is -3.77. The smallest absolute Gasteiger partial charge is 0.244 e. The van der Waals surface area contributed by atoms with Gasteiger partial charge in [0.05, 0.1) is 18.8 Å². The molecule has 1 aliphatic rings. The molecule has 148 valence electrons. The molecule has 3 rings (SSSR count). The van der Waals surface area contributed by atoms with E-state index in [0.717, 1.165) is 14.8 Å². The first-order valence-corrected chi connectivity index (χ1v) is 10.6. The number of amides is 2. The van der Waals surface area contributed by atoms with Crippen LogP contribution < -0.4 is 4.74 Å². The molecule has 1 heterocycles. The van der Waals surface area contributed by atoms with Gasteiger partial charge in [-0.1, -0.05) is 48.5 Å². The summed E-state index contributed by atoms with van der Waals surface area (Å²) in [4.78, 5) is 25.8. The lowest BCUT2D eigenvalue weighted by molar-refractivity contribution is -0.149. The average molecular weight is 402 g/mol. The van der Waals surface area contributed by atoms with E-state index in [0.29, 0.717) is 12.2 Å². The molecule has 0 unspecified atom stereocenters. The Balaban J connectivity index is 1.53. The largest absolute Gasteiger partial charge is 0.492 e.